The van der Waals surface area contributed by atoms with Gasteiger partial charge in [-0.25, -0.2) is 4.98 Å². The van der Waals surface area contributed by atoms with Gasteiger partial charge in [0, 0.05) is 56.9 Å². The summed E-state index contributed by atoms with van der Waals surface area (Å²) in [5.41, 5.74) is 3.30. The van der Waals surface area contributed by atoms with Gasteiger partial charge in [0.2, 0.25) is 11.7 Å². The standard InChI is InChI=1S/C37H45Cl2N5O5/c1-4-49-21-20-44-31-9-6-5-8-30(31)40-36(44)42-15-7-14-41(18-19-42)16-12-37(27-10-11-28(38)29(39)24-27)13-17-43(25-37)35(46)26-22-32(47-2)34(45)33(23-26)48-3/h5-6,8-11,22-24,45H,4,7,12-21,25H2,1-3H3. The Labute approximate surface area is 298 Å². The maximum Gasteiger partial charge on any atom is 0.254 e. The van der Waals surface area contributed by atoms with Gasteiger partial charge >= 0.3 is 0 Å². The van der Waals surface area contributed by atoms with Crippen LogP contribution in [0.5, 0.6) is 17.2 Å². The smallest absolute Gasteiger partial charge is 0.254 e. The zero-order valence-electron chi connectivity index (χ0n) is 28.5. The molecule has 1 aromatic heterocycles. The Morgan fingerprint density at radius 1 is 0.939 bits per heavy atom. The fourth-order valence-corrected chi connectivity index (χ4v) is 7.54. The van der Waals surface area contributed by atoms with Crippen LogP contribution in [0, 0.1) is 0 Å². The quantitative estimate of drug-likeness (QED) is 0.167. The zero-order valence-corrected chi connectivity index (χ0v) is 30.0. The fourth-order valence-electron chi connectivity index (χ4n) is 7.25. The van der Waals surface area contributed by atoms with Crippen LogP contribution in [0.1, 0.15) is 42.1 Å². The number of carbonyl (C=O) groups excluding carboxylic acids is 1. The molecule has 3 aromatic carbocycles. The summed E-state index contributed by atoms with van der Waals surface area (Å²) in [6.07, 6.45) is 2.65. The molecule has 4 aromatic rings. The molecule has 0 saturated carbocycles. The molecule has 0 spiro atoms. The van der Waals surface area contributed by atoms with E-state index in [-0.39, 0.29) is 28.6 Å². The van der Waals surface area contributed by atoms with Crippen molar-refractivity contribution in [3.63, 3.8) is 0 Å². The van der Waals surface area contributed by atoms with Crippen LogP contribution < -0.4 is 14.4 Å². The number of anilines is 1. The van der Waals surface area contributed by atoms with Crippen LogP contribution in [-0.4, -0.2) is 104 Å². The predicted octanol–water partition coefficient (Wildman–Crippen LogP) is 6.49. The lowest BCUT2D eigenvalue weighted by atomic mass is 9.76. The number of phenols is 1. The molecule has 12 heteroatoms. The fraction of sp³-hybridized carbons (Fsp3) is 0.459. The number of ether oxygens (including phenoxy) is 3. The van der Waals surface area contributed by atoms with Gasteiger partial charge in [0.15, 0.2) is 11.5 Å². The highest BCUT2D eigenvalue weighted by Crippen LogP contribution is 2.42. The number of hydrogen-bond donors (Lipinski definition) is 1. The summed E-state index contributed by atoms with van der Waals surface area (Å²) >= 11 is 12.9. The Morgan fingerprint density at radius 3 is 2.45 bits per heavy atom. The predicted molar refractivity (Wildman–Crippen MR) is 194 cm³/mol. The van der Waals surface area contributed by atoms with Crippen molar-refractivity contribution in [2.75, 3.05) is 78.1 Å². The van der Waals surface area contributed by atoms with Gasteiger partial charge in [-0.15, -0.1) is 0 Å². The van der Waals surface area contributed by atoms with Crippen molar-refractivity contribution in [2.24, 2.45) is 0 Å². The van der Waals surface area contributed by atoms with Gasteiger partial charge < -0.3 is 38.6 Å². The minimum atomic E-state index is -0.311. The Kier molecular flexibility index (Phi) is 11.1. The van der Waals surface area contributed by atoms with Crippen molar-refractivity contribution < 1.29 is 24.1 Å². The highest BCUT2D eigenvalue weighted by molar-refractivity contribution is 6.42. The monoisotopic (exact) mass is 709 g/mol. The van der Waals surface area contributed by atoms with Gasteiger partial charge in [-0.3, -0.25) is 4.79 Å². The van der Waals surface area contributed by atoms with Crippen LogP contribution in [0.2, 0.25) is 10.0 Å². The van der Waals surface area contributed by atoms with Gasteiger partial charge in [-0.1, -0.05) is 41.4 Å². The van der Waals surface area contributed by atoms with E-state index in [1.807, 2.05) is 36.1 Å². The van der Waals surface area contributed by atoms with E-state index >= 15 is 0 Å². The molecule has 2 fully saturated rings. The second kappa shape index (κ2) is 15.5. The maximum absolute atomic E-state index is 13.9. The molecule has 2 aliphatic heterocycles. The Balaban J connectivity index is 1.19. The van der Waals surface area contributed by atoms with E-state index in [0.29, 0.717) is 41.9 Å². The van der Waals surface area contributed by atoms with Crippen molar-refractivity contribution in [3.8, 4) is 17.2 Å². The van der Waals surface area contributed by atoms with Crippen LogP contribution >= 0.6 is 23.2 Å². The number of likely N-dealkylation sites (tertiary alicyclic amines) is 1. The molecule has 2 saturated heterocycles. The number of hydrogen-bond acceptors (Lipinski definition) is 8. The summed E-state index contributed by atoms with van der Waals surface area (Å²) in [7, 11) is 2.91. The van der Waals surface area contributed by atoms with E-state index in [1.165, 1.54) is 14.2 Å². The number of para-hydroxylation sites is 2. The van der Waals surface area contributed by atoms with Gasteiger partial charge in [0.1, 0.15) is 0 Å². The van der Waals surface area contributed by atoms with Crippen LogP contribution in [0.25, 0.3) is 11.0 Å². The largest absolute Gasteiger partial charge is 0.502 e. The van der Waals surface area contributed by atoms with Crippen molar-refractivity contribution in [1.29, 1.82) is 0 Å². The number of halogens is 2. The summed E-state index contributed by atoms with van der Waals surface area (Å²) in [5.74, 6) is 1.11. The lowest BCUT2D eigenvalue weighted by Crippen LogP contribution is -2.39. The average molecular weight is 711 g/mol. The molecule has 10 nitrogen and oxygen atoms in total. The van der Waals surface area contributed by atoms with Gasteiger partial charge in [-0.05, 0) is 81.2 Å². The molecule has 0 radical (unpaired) electrons. The third kappa shape index (κ3) is 7.43. The summed E-state index contributed by atoms with van der Waals surface area (Å²) in [5, 5.41) is 11.4. The molecule has 6 rings (SSSR count). The van der Waals surface area contributed by atoms with Crippen LogP contribution in [0.3, 0.4) is 0 Å². The Morgan fingerprint density at radius 2 is 1.71 bits per heavy atom. The molecule has 0 aliphatic carbocycles. The second-order valence-corrected chi connectivity index (χ2v) is 13.6. The number of aromatic nitrogens is 2. The number of imidazole rings is 1. The maximum atomic E-state index is 13.9. The zero-order chi connectivity index (χ0) is 34.5. The molecule has 3 heterocycles. The summed E-state index contributed by atoms with van der Waals surface area (Å²) in [6, 6.07) is 17.3. The SMILES string of the molecule is CCOCCn1c(N2CCCN(CCC3(c4ccc(Cl)c(Cl)c4)CCN(C(=O)c4cc(OC)c(O)c(OC)c4)C3)CC2)nc2ccccc21. The van der Waals surface area contributed by atoms with Crippen molar-refractivity contribution in [1.82, 2.24) is 19.4 Å². The van der Waals surface area contributed by atoms with E-state index in [1.54, 1.807) is 12.1 Å². The van der Waals surface area contributed by atoms with E-state index in [0.717, 1.165) is 81.1 Å². The van der Waals surface area contributed by atoms with Crippen molar-refractivity contribution in [3.05, 3.63) is 75.8 Å². The first-order chi connectivity index (χ1) is 23.8. The summed E-state index contributed by atoms with van der Waals surface area (Å²) in [4.78, 5) is 25.8. The lowest BCUT2D eigenvalue weighted by molar-refractivity contribution is 0.0780. The van der Waals surface area contributed by atoms with Gasteiger partial charge in [-0.2, -0.15) is 0 Å². The summed E-state index contributed by atoms with van der Waals surface area (Å²) < 4.78 is 18.7. The molecule has 1 amide bonds. The molecule has 1 N–H and O–H groups in total. The molecule has 1 atom stereocenters. The number of carbonyl (C=O) groups is 1. The van der Waals surface area contributed by atoms with Crippen molar-refractivity contribution in [2.45, 2.75) is 38.1 Å². The molecule has 49 heavy (non-hydrogen) atoms. The first-order valence-electron chi connectivity index (χ1n) is 17.0. The number of methoxy groups -OCH3 is 2. The number of phenolic OH excluding ortho intramolecular Hbond substituents is 1. The minimum Gasteiger partial charge on any atom is -0.502 e. The van der Waals surface area contributed by atoms with Crippen LogP contribution in [-0.2, 0) is 16.7 Å². The average Bonchev–Trinajstić information content (AvgIpc) is 3.63. The first-order valence-corrected chi connectivity index (χ1v) is 17.7. The third-order valence-corrected chi connectivity index (χ3v) is 10.7. The minimum absolute atomic E-state index is 0.133. The Hall–Kier alpha value is -3.70. The van der Waals surface area contributed by atoms with Crippen LogP contribution in [0.15, 0.2) is 54.6 Å². The number of fused-ring (bicyclic) bond motifs is 1. The number of amides is 1. The molecular weight excluding hydrogens is 665 g/mol. The highest BCUT2D eigenvalue weighted by atomic mass is 35.5. The van der Waals surface area contributed by atoms with Crippen molar-refractivity contribution >= 4 is 46.1 Å². The van der Waals surface area contributed by atoms with E-state index < -0.39 is 0 Å². The van der Waals surface area contributed by atoms with E-state index in [2.05, 4.69) is 32.6 Å². The highest BCUT2D eigenvalue weighted by Gasteiger charge is 2.42. The van der Waals surface area contributed by atoms with Crippen LogP contribution in [0.4, 0.5) is 5.95 Å². The number of benzene rings is 3. The first kappa shape index (κ1) is 35.1. The molecular formula is C37H45Cl2N5O5. The molecule has 0 bridgehead atoms. The van der Waals surface area contributed by atoms with E-state index in [9.17, 15) is 9.90 Å². The lowest BCUT2D eigenvalue weighted by Gasteiger charge is -2.33. The summed E-state index contributed by atoms with van der Waals surface area (Å²) in [6.45, 7) is 9.77. The van der Waals surface area contributed by atoms with Gasteiger partial charge in [0.25, 0.3) is 5.91 Å². The molecule has 1 unspecified atom stereocenters. The normalized spacial score (nSPS) is 18.6. The number of nitrogens with zero attached hydrogens (tertiary/aromatic N) is 5. The topological polar surface area (TPSA) is 92.5 Å². The molecule has 262 valence electrons. The Bertz CT molecular complexity index is 1760. The third-order valence-electron chi connectivity index (χ3n) is 9.98. The number of aromatic hydroxyl groups is 1. The van der Waals surface area contributed by atoms with Gasteiger partial charge in [0.05, 0.1) is 41.9 Å². The second-order valence-electron chi connectivity index (χ2n) is 12.8. The molecule has 2 aliphatic rings. The van der Waals surface area contributed by atoms with E-state index in [4.69, 9.17) is 42.4 Å². The number of rotatable bonds is 12.